The third-order valence-electron chi connectivity index (χ3n) is 4.22. The summed E-state index contributed by atoms with van der Waals surface area (Å²) < 4.78 is 0. The van der Waals surface area contributed by atoms with E-state index in [9.17, 15) is 4.79 Å². The summed E-state index contributed by atoms with van der Waals surface area (Å²) in [5.41, 5.74) is 1.02. The van der Waals surface area contributed by atoms with E-state index in [0.717, 1.165) is 63.5 Å². The zero-order valence-corrected chi connectivity index (χ0v) is 14.3. The molecule has 6 heteroatoms. The second-order valence-corrected chi connectivity index (χ2v) is 5.91. The number of piperazine rings is 1. The lowest BCUT2D eigenvalue weighted by atomic mass is 10.2. The van der Waals surface area contributed by atoms with Gasteiger partial charge in [0.25, 0.3) is 0 Å². The Kier molecular flexibility index (Phi) is 7.13. The van der Waals surface area contributed by atoms with Crippen molar-refractivity contribution in [3.63, 3.8) is 0 Å². The first-order chi connectivity index (χ1) is 11.2. The number of carbonyl (C=O) groups excluding carboxylic acids is 1. The van der Waals surface area contributed by atoms with Crippen molar-refractivity contribution in [2.45, 2.75) is 33.2 Å². The van der Waals surface area contributed by atoms with Crippen LogP contribution >= 0.6 is 0 Å². The van der Waals surface area contributed by atoms with Crippen molar-refractivity contribution in [1.29, 1.82) is 0 Å². The molecule has 1 aliphatic rings. The molecule has 1 saturated heterocycles. The zero-order chi connectivity index (χ0) is 16.5. The molecule has 0 aliphatic carbocycles. The van der Waals surface area contributed by atoms with Gasteiger partial charge in [-0.3, -0.25) is 0 Å². The largest absolute Gasteiger partial charge is 0.354 e. The maximum atomic E-state index is 11.6. The van der Waals surface area contributed by atoms with E-state index in [0.29, 0.717) is 6.54 Å². The Labute approximate surface area is 139 Å². The van der Waals surface area contributed by atoms with Crippen LogP contribution in [0.25, 0.3) is 0 Å². The Bertz CT molecular complexity index is 468. The summed E-state index contributed by atoms with van der Waals surface area (Å²) in [6.07, 6.45) is 3.95. The molecule has 1 aromatic heterocycles. The summed E-state index contributed by atoms with van der Waals surface area (Å²) in [4.78, 5) is 20.9. The highest BCUT2D eigenvalue weighted by Crippen LogP contribution is 2.13. The molecule has 0 aromatic carbocycles. The lowest BCUT2D eigenvalue weighted by Gasteiger charge is -2.34. The van der Waals surface area contributed by atoms with Gasteiger partial charge in [-0.05, 0) is 24.6 Å². The normalized spacial score (nSPS) is 15.5. The number of rotatable bonds is 7. The fourth-order valence-corrected chi connectivity index (χ4v) is 2.63. The maximum absolute atomic E-state index is 11.6. The Balaban J connectivity index is 1.75. The molecule has 2 N–H and O–H groups in total. The summed E-state index contributed by atoms with van der Waals surface area (Å²) in [6, 6.07) is 3.98. The van der Waals surface area contributed by atoms with Crippen molar-refractivity contribution in [3.05, 3.63) is 23.9 Å². The van der Waals surface area contributed by atoms with Crippen LogP contribution in [0.2, 0.25) is 0 Å². The van der Waals surface area contributed by atoms with E-state index in [1.165, 1.54) is 0 Å². The number of pyridine rings is 1. The zero-order valence-electron chi connectivity index (χ0n) is 14.3. The number of hydrogen-bond acceptors (Lipinski definition) is 4. The molecule has 2 rings (SSSR count). The molecule has 0 saturated carbocycles. The van der Waals surface area contributed by atoms with Gasteiger partial charge < -0.3 is 20.4 Å². The van der Waals surface area contributed by atoms with E-state index in [2.05, 4.69) is 39.3 Å². The molecule has 0 bridgehead atoms. The number of unbranched alkanes of at least 4 members (excludes halogenated alkanes) is 1. The first-order valence-electron chi connectivity index (χ1n) is 8.66. The standard InChI is InChI=1S/C17H29N5O/c1-3-5-8-18-17(23)20-14-15-6-7-16(19-13-15)22-11-9-21(4-2)10-12-22/h6-7,13H,3-5,8-12,14H2,1-2H3,(H2,18,20,23). The van der Waals surface area contributed by atoms with Gasteiger partial charge in [0.15, 0.2) is 0 Å². The number of aromatic nitrogens is 1. The number of hydrogen-bond donors (Lipinski definition) is 2. The van der Waals surface area contributed by atoms with Crippen LogP contribution in [0.15, 0.2) is 18.3 Å². The number of amides is 2. The lowest BCUT2D eigenvalue weighted by molar-refractivity contribution is 0.240. The first kappa shape index (κ1) is 17.5. The molecule has 2 amide bonds. The average molecular weight is 319 g/mol. The van der Waals surface area contributed by atoms with Gasteiger partial charge in [0.1, 0.15) is 5.82 Å². The number of nitrogens with zero attached hydrogens (tertiary/aromatic N) is 3. The predicted octanol–water partition coefficient (Wildman–Crippen LogP) is 1.82. The minimum Gasteiger partial charge on any atom is -0.354 e. The van der Waals surface area contributed by atoms with E-state index in [-0.39, 0.29) is 6.03 Å². The van der Waals surface area contributed by atoms with Crippen LogP contribution in [-0.4, -0.2) is 55.2 Å². The Hall–Kier alpha value is -1.82. The Morgan fingerprint density at radius 2 is 1.96 bits per heavy atom. The molecule has 128 valence electrons. The van der Waals surface area contributed by atoms with Gasteiger partial charge in [0.2, 0.25) is 0 Å². The Morgan fingerprint density at radius 3 is 2.57 bits per heavy atom. The topological polar surface area (TPSA) is 60.5 Å². The number of likely N-dealkylation sites (N-methyl/N-ethyl adjacent to an activating group) is 1. The van der Waals surface area contributed by atoms with E-state index < -0.39 is 0 Å². The number of nitrogens with one attached hydrogen (secondary N) is 2. The van der Waals surface area contributed by atoms with Crippen molar-refractivity contribution in [2.24, 2.45) is 0 Å². The quantitative estimate of drug-likeness (QED) is 0.753. The number of carbonyl (C=O) groups is 1. The van der Waals surface area contributed by atoms with Gasteiger partial charge in [-0.25, -0.2) is 9.78 Å². The molecule has 0 unspecified atom stereocenters. The van der Waals surface area contributed by atoms with Crippen molar-refractivity contribution in [2.75, 3.05) is 44.2 Å². The molecule has 1 aliphatic heterocycles. The van der Waals surface area contributed by atoms with Crippen molar-refractivity contribution in [1.82, 2.24) is 20.5 Å². The van der Waals surface area contributed by atoms with Gasteiger partial charge in [0, 0.05) is 45.5 Å². The van der Waals surface area contributed by atoms with Crippen LogP contribution in [0, 0.1) is 0 Å². The highest BCUT2D eigenvalue weighted by atomic mass is 16.2. The second-order valence-electron chi connectivity index (χ2n) is 5.91. The molecular weight excluding hydrogens is 290 g/mol. The van der Waals surface area contributed by atoms with Gasteiger partial charge >= 0.3 is 6.03 Å². The third kappa shape index (κ3) is 5.71. The third-order valence-corrected chi connectivity index (χ3v) is 4.22. The predicted molar refractivity (Wildman–Crippen MR) is 93.7 cm³/mol. The van der Waals surface area contributed by atoms with Crippen molar-refractivity contribution in [3.8, 4) is 0 Å². The molecule has 6 nitrogen and oxygen atoms in total. The first-order valence-corrected chi connectivity index (χ1v) is 8.66. The minimum absolute atomic E-state index is 0.113. The van der Waals surface area contributed by atoms with Crippen LogP contribution in [0.4, 0.5) is 10.6 Å². The van der Waals surface area contributed by atoms with Crippen LogP contribution in [-0.2, 0) is 6.54 Å². The van der Waals surface area contributed by atoms with Gasteiger partial charge in [-0.1, -0.05) is 26.3 Å². The van der Waals surface area contributed by atoms with Crippen molar-refractivity contribution < 1.29 is 4.79 Å². The Morgan fingerprint density at radius 1 is 1.17 bits per heavy atom. The highest BCUT2D eigenvalue weighted by Gasteiger charge is 2.16. The highest BCUT2D eigenvalue weighted by molar-refractivity contribution is 5.73. The molecule has 0 radical (unpaired) electrons. The fourth-order valence-electron chi connectivity index (χ4n) is 2.63. The van der Waals surface area contributed by atoms with Crippen LogP contribution in [0.5, 0.6) is 0 Å². The average Bonchev–Trinajstić information content (AvgIpc) is 2.61. The molecule has 0 atom stereocenters. The van der Waals surface area contributed by atoms with E-state index in [1.807, 2.05) is 18.3 Å². The van der Waals surface area contributed by atoms with E-state index in [1.54, 1.807) is 0 Å². The maximum Gasteiger partial charge on any atom is 0.315 e. The van der Waals surface area contributed by atoms with Crippen LogP contribution in [0.1, 0.15) is 32.3 Å². The van der Waals surface area contributed by atoms with Gasteiger partial charge in [-0.2, -0.15) is 0 Å². The molecular formula is C17H29N5O. The summed E-state index contributed by atoms with van der Waals surface area (Å²) in [7, 11) is 0. The second kappa shape index (κ2) is 9.35. The van der Waals surface area contributed by atoms with E-state index >= 15 is 0 Å². The SMILES string of the molecule is CCCCNC(=O)NCc1ccc(N2CCN(CC)CC2)nc1. The smallest absolute Gasteiger partial charge is 0.315 e. The van der Waals surface area contributed by atoms with Gasteiger partial charge in [0.05, 0.1) is 0 Å². The molecule has 2 heterocycles. The summed E-state index contributed by atoms with van der Waals surface area (Å²) >= 11 is 0. The molecule has 0 spiro atoms. The van der Waals surface area contributed by atoms with Crippen LogP contribution < -0.4 is 15.5 Å². The van der Waals surface area contributed by atoms with Crippen molar-refractivity contribution >= 4 is 11.8 Å². The number of urea groups is 1. The minimum atomic E-state index is -0.113. The van der Waals surface area contributed by atoms with Gasteiger partial charge in [-0.15, -0.1) is 0 Å². The fraction of sp³-hybridized carbons (Fsp3) is 0.647. The van der Waals surface area contributed by atoms with E-state index in [4.69, 9.17) is 0 Å². The summed E-state index contributed by atoms with van der Waals surface area (Å²) in [6.45, 7) is 10.9. The molecule has 1 fully saturated rings. The number of anilines is 1. The molecule has 1 aromatic rings. The summed E-state index contributed by atoms with van der Waals surface area (Å²) in [5.74, 6) is 1.02. The lowest BCUT2D eigenvalue weighted by Crippen LogP contribution is -2.46. The van der Waals surface area contributed by atoms with Crippen LogP contribution in [0.3, 0.4) is 0 Å². The molecule has 23 heavy (non-hydrogen) atoms. The summed E-state index contributed by atoms with van der Waals surface area (Å²) in [5, 5.41) is 5.70. The monoisotopic (exact) mass is 319 g/mol.